The molecule has 0 saturated heterocycles. The molecule has 0 fully saturated rings. The number of thioether (sulfide) groups is 1. The summed E-state index contributed by atoms with van der Waals surface area (Å²) in [5.74, 6) is -0.000657. The van der Waals surface area contributed by atoms with Crippen molar-refractivity contribution in [3.8, 4) is 0 Å². The van der Waals surface area contributed by atoms with E-state index in [4.69, 9.17) is 0 Å². The Morgan fingerprint density at radius 2 is 1.92 bits per heavy atom. The summed E-state index contributed by atoms with van der Waals surface area (Å²) in [6, 6.07) is 11.7. The number of carbonyl (C=O) groups excluding carboxylic acids is 1. The van der Waals surface area contributed by atoms with Crippen LogP contribution in [0.1, 0.15) is 17.0 Å². The lowest BCUT2D eigenvalue weighted by Gasteiger charge is -2.02. The number of allylic oxidation sites excluding steroid dienone is 1. The highest BCUT2D eigenvalue weighted by molar-refractivity contribution is 9.12. The molecule has 0 bridgehead atoms. The molecule has 0 aliphatic rings. The molecular formula is C17H17BrN4OS. The average Bonchev–Trinajstić information content (AvgIpc) is 2.53. The fourth-order valence-electron chi connectivity index (χ4n) is 1.83. The van der Waals surface area contributed by atoms with Crippen LogP contribution in [-0.4, -0.2) is 27.8 Å². The standard InChI is InChI=1S/C17H17BrN4OS/c1-12-8-13(2)21-17(20-12)24-11-16(23)22-19-10-15(18)9-14-6-4-3-5-7-14/h3-10H,11H2,1-2H3,(H,22,23)/b15-9-,19-10+. The molecular weight excluding hydrogens is 388 g/mol. The van der Waals surface area contributed by atoms with Gasteiger partial charge in [0.15, 0.2) is 5.16 Å². The van der Waals surface area contributed by atoms with Gasteiger partial charge in [0, 0.05) is 15.9 Å². The zero-order chi connectivity index (χ0) is 17.4. The summed E-state index contributed by atoms with van der Waals surface area (Å²) in [5, 5.41) is 4.52. The zero-order valence-corrected chi connectivity index (χ0v) is 15.8. The zero-order valence-electron chi connectivity index (χ0n) is 13.4. The molecule has 0 radical (unpaired) electrons. The first-order valence-electron chi connectivity index (χ1n) is 7.22. The van der Waals surface area contributed by atoms with E-state index in [0.29, 0.717) is 5.16 Å². The molecule has 1 amide bonds. The van der Waals surface area contributed by atoms with Crippen molar-refractivity contribution in [3.05, 3.63) is 57.8 Å². The summed E-state index contributed by atoms with van der Waals surface area (Å²) in [6.45, 7) is 3.80. The number of aryl methyl sites for hydroxylation is 2. The Hall–Kier alpha value is -1.99. The van der Waals surface area contributed by atoms with Gasteiger partial charge in [-0.25, -0.2) is 15.4 Å². The number of nitrogens with one attached hydrogen (secondary N) is 1. The number of nitrogens with zero attached hydrogens (tertiary/aromatic N) is 3. The maximum Gasteiger partial charge on any atom is 0.250 e. The van der Waals surface area contributed by atoms with Crippen LogP contribution in [0.4, 0.5) is 0 Å². The molecule has 7 heteroatoms. The number of hydrogen-bond donors (Lipinski definition) is 1. The number of hydrogen-bond acceptors (Lipinski definition) is 5. The lowest BCUT2D eigenvalue weighted by molar-refractivity contribution is -0.118. The third-order valence-corrected chi connectivity index (χ3v) is 4.06. The molecule has 0 atom stereocenters. The smallest absolute Gasteiger partial charge is 0.250 e. The first-order chi connectivity index (χ1) is 11.5. The average molecular weight is 405 g/mol. The van der Waals surface area contributed by atoms with Crippen LogP contribution in [0.25, 0.3) is 6.08 Å². The van der Waals surface area contributed by atoms with E-state index in [9.17, 15) is 4.79 Å². The van der Waals surface area contributed by atoms with Crippen LogP contribution < -0.4 is 5.43 Å². The lowest BCUT2D eigenvalue weighted by atomic mass is 10.2. The van der Waals surface area contributed by atoms with Gasteiger partial charge in [-0.2, -0.15) is 5.10 Å². The van der Waals surface area contributed by atoms with Crippen molar-refractivity contribution in [1.82, 2.24) is 15.4 Å². The van der Waals surface area contributed by atoms with Crippen molar-refractivity contribution in [2.45, 2.75) is 19.0 Å². The normalized spacial score (nSPS) is 11.7. The van der Waals surface area contributed by atoms with Crippen LogP contribution in [0.2, 0.25) is 0 Å². The van der Waals surface area contributed by atoms with Gasteiger partial charge in [-0.05, 0) is 47.5 Å². The summed E-state index contributed by atoms with van der Waals surface area (Å²) in [7, 11) is 0. The lowest BCUT2D eigenvalue weighted by Crippen LogP contribution is -2.19. The van der Waals surface area contributed by atoms with E-state index in [1.54, 1.807) is 6.21 Å². The Bertz CT molecular complexity index is 742. The number of hydrazone groups is 1. The Morgan fingerprint density at radius 3 is 2.58 bits per heavy atom. The predicted molar refractivity (Wildman–Crippen MR) is 102 cm³/mol. The molecule has 1 aromatic carbocycles. The Kier molecular flexibility index (Phi) is 7.14. The number of benzene rings is 1. The highest BCUT2D eigenvalue weighted by atomic mass is 79.9. The largest absolute Gasteiger partial charge is 0.272 e. The van der Waals surface area contributed by atoms with E-state index in [0.717, 1.165) is 21.4 Å². The third kappa shape index (κ3) is 6.64. The first-order valence-corrected chi connectivity index (χ1v) is 9.00. The second-order valence-electron chi connectivity index (χ2n) is 4.96. The van der Waals surface area contributed by atoms with E-state index in [1.807, 2.05) is 56.3 Å². The van der Waals surface area contributed by atoms with Gasteiger partial charge in [-0.3, -0.25) is 4.79 Å². The van der Waals surface area contributed by atoms with Crippen LogP contribution in [0.5, 0.6) is 0 Å². The Balaban J connectivity index is 1.81. The van der Waals surface area contributed by atoms with Crippen molar-refractivity contribution in [3.63, 3.8) is 0 Å². The summed E-state index contributed by atoms with van der Waals surface area (Å²) in [5.41, 5.74) is 5.30. The maximum atomic E-state index is 11.8. The number of carbonyl (C=O) groups is 1. The van der Waals surface area contributed by atoms with E-state index < -0.39 is 0 Å². The number of amides is 1. The van der Waals surface area contributed by atoms with E-state index in [1.165, 1.54) is 11.8 Å². The van der Waals surface area contributed by atoms with Crippen molar-refractivity contribution in [2.24, 2.45) is 5.10 Å². The highest BCUT2D eigenvalue weighted by Crippen LogP contribution is 2.13. The number of aromatic nitrogens is 2. The molecule has 1 N–H and O–H groups in total. The van der Waals surface area contributed by atoms with Crippen LogP contribution >= 0.6 is 27.7 Å². The van der Waals surface area contributed by atoms with E-state index >= 15 is 0 Å². The Labute approximate surface area is 153 Å². The molecule has 0 saturated carbocycles. The monoisotopic (exact) mass is 404 g/mol. The minimum Gasteiger partial charge on any atom is -0.272 e. The van der Waals surface area contributed by atoms with Gasteiger partial charge in [0.2, 0.25) is 0 Å². The van der Waals surface area contributed by atoms with Crippen molar-refractivity contribution < 1.29 is 4.79 Å². The molecule has 0 aliphatic heterocycles. The molecule has 0 aliphatic carbocycles. The fraction of sp³-hybridized carbons (Fsp3) is 0.176. The number of halogens is 1. The maximum absolute atomic E-state index is 11.8. The third-order valence-electron chi connectivity index (χ3n) is 2.78. The van der Waals surface area contributed by atoms with Crippen LogP contribution in [0.15, 0.2) is 51.1 Å². The van der Waals surface area contributed by atoms with E-state index in [-0.39, 0.29) is 11.7 Å². The quantitative estimate of drug-likeness (QED) is 0.344. The topological polar surface area (TPSA) is 67.2 Å². The molecule has 24 heavy (non-hydrogen) atoms. The summed E-state index contributed by atoms with van der Waals surface area (Å²) in [4.78, 5) is 20.3. The van der Waals surface area contributed by atoms with Crippen LogP contribution in [-0.2, 0) is 4.79 Å². The molecule has 2 rings (SSSR count). The van der Waals surface area contributed by atoms with Gasteiger partial charge in [-0.15, -0.1) is 0 Å². The molecule has 0 spiro atoms. The summed E-state index contributed by atoms with van der Waals surface area (Å²) >= 11 is 4.68. The molecule has 0 unspecified atom stereocenters. The van der Waals surface area contributed by atoms with Gasteiger partial charge < -0.3 is 0 Å². The molecule has 1 heterocycles. The van der Waals surface area contributed by atoms with Gasteiger partial charge in [-0.1, -0.05) is 42.1 Å². The second-order valence-corrected chi connectivity index (χ2v) is 6.81. The number of rotatable bonds is 6. The SMILES string of the molecule is Cc1cc(C)nc(SCC(=O)N/N=C/C(Br)=C/c2ccccc2)n1. The minimum atomic E-state index is -0.209. The highest BCUT2D eigenvalue weighted by Gasteiger charge is 2.05. The predicted octanol–water partition coefficient (Wildman–Crippen LogP) is 3.72. The van der Waals surface area contributed by atoms with Crippen molar-refractivity contribution in [2.75, 3.05) is 5.75 Å². The molecule has 5 nitrogen and oxygen atoms in total. The van der Waals surface area contributed by atoms with Gasteiger partial charge in [0.25, 0.3) is 5.91 Å². The summed E-state index contributed by atoms with van der Waals surface area (Å²) in [6.07, 6.45) is 3.46. The van der Waals surface area contributed by atoms with Gasteiger partial charge in [0.05, 0.1) is 12.0 Å². The molecule has 2 aromatic rings. The Morgan fingerprint density at radius 1 is 1.25 bits per heavy atom. The van der Waals surface area contributed by atoms with Crippen molar-refractivity contribution in [1.29, 1.82) is 0 Å². The van der Waals surface area contributed by atoms with Crippen LogP contribution in [0, 0.1) is 13.8 Å². The van der Waals surface area contributed by atoms with Crippen LogP contribution in [0.3, 0.4) is 0 Å². The second kappa shape index (κ2) is 9.34. The van der Waals surface area contributed by atoms with Gasteiger partial charge in [0.1, 0.15) is 0 Å². The van der Waals surface area contributed by atoms with E-state index in [2.05, 4.69) is 36.4 Å². The van der Waals surface area contributed by atoms with Crippen molar-refractivity contribution >= 4 is 45.9 Å². The first kappa shape index (κ1) is 18.4. The fourth-order valence-corrected chi connectivity index (χ4v) is 2.94. The molecule has 1 aromatic heterocycles. The molecule has 124 valence electrons. The summed E-state index contributed by atoms with van der Waals surface area (Å²) < 4.78 is 0.763. The van der Waals surface area contributed by atoms with Gasteiger partial charge >= 0.3 is 0 Å². The minimum absolute atomic E-state index is 0.209.